The molecule has 2 saturated heterocycles. The first-order chi connectivity index (χ1) is 17.2. The normalized spacial score (nSPS) is 22.8. The van der Waals surface area contributed by atoms with Gasteiger partial charge in [0.1, 0.15) is 15.8 Å². The summed E-state index contributed by atoms with van der Waals surface area (Å²) in [6.45, 7) is 13.1. The third-order valence-corrected chi connectivity index (χ3v) is 8.74. The molecule has 0 unspecified atom stereocenters. The van der Waals surface area contributed by atoms with Gasteiger partial charge in [0.2, 0.25) is 0 Å². The van der Waals surface area contributed by atoms with Gasteiger partial charge < -0.3 is 4.90 Å². The predicted molar refractivity (Wildman–Crippen MR) is 155 cm³/mol. The zero-order chi connectivity index (χ0) is 26.0. The molecule has 6 nitrogen and oxygen atoms in total. The molecule has 1 amide bonds. The van der Waals surface area contributed by atoms with Gasteiger partial charge in [0.25, 0.3) is 11.5 Å². The van der Waals surface area contributed by atoms with E-state index in [-0.39, 0.29) is 11.5 Å². The van der Waals surface area contributed by atoms with E-state index < -0.39 is 0 Å². The number of carbonyl (C=O) groups is 1. The molecule has 0 N–H and O–H groups in total. The third kappa shape index (κ3) is 5.54. The third-order valence-electron chi connectivity index (χ3n) is 7.37. The summed E-state index contributed by atoms with van der Waals surface area (Å²) < 4.78 is 2.17. The van der Waals surface area contributed by atoms with E-state index in [4.69, 9.17) is 17.2 Å². The molecular formula is C28H38N4O2S2. The van der Waals surface area contributed by atoms with Gasteiger partial charge in [0.05, 0.1) is 10.5 Å². The van der Waals surface area contributed by atoms with Crippen molar-refractivity contribution in [3.8, 4) is 0 Å². The van der Waals surface area contributed by atoms with E-state index in [1.54, 1.807) is 21.6 Å². The Kier molecular flexibility index (Phi) is 8.56. The lowest BCUT2D eigenvalue weighted by Crippen LogP contribution is -2.40. The van der Waals surface area contributed by atoms with Crippen LogP contribution < -0.4 is 10.5 Å². The van der Waals surface area contributed by atoms with Crippen molar-refractivity contribution in [2.45, 2.75) is 66.7 Å². The molecule has 2 aromatic heterocycles. The molecule has 3 atom stereocenters. The van der Waals surface area contributed by atoms with Gasteiger partial charge in [-0.05, 0) is 55.2 Å². The van der Waals surface area contributed by atoms with Crippen LogP contribution in [0, 0.1) is 24.7 Å². The second kappa shape index (κ2) is 11.5. The fourth-order valence-electron chi connectivity index (χ4n) is 5.47. The average molecular weight is 527 g/mol. The van der Waals surface area contributed by atoms with Crippen molar-refractivity contribution in [2.75, 3.05) is 24.5 Å². The summed E-state index contributed by atoms with van der Waals surface area (Å²) >= 11 is 6.92. The molecule has 8 heteroatoms. The highest BCUT2D eigenvalue weighted by Crippen LogP contribution is 2.35. The Morgan fingerprint density at radius 2 is 1.94 bits per heavy atom. The summed E-state index contributed by atoms with van der Waals surface area (Å²) in [5.74, 6) is 2.01. The van der Waals surface area contributed by atoms with Crippen LogP contribution in [0.3, 0.4) is 0 Å². The highest BCUT2D eigenvalue weighted by Gasteiger charge is 2.34. The topological polar surface area (TPSA) is 57.9 Å². The number of thioether (sulfide) groups is 1. The molecule has 0 aliphatic carbocycles. The van der Waals surface area contributed by atoms with Gasteiger partial charge in [-0.15, -0.1) is 0 Å². The van der Waals surface area contributed by atoms with E-state index in [2.05, 4.69) is 32.6 Å². The van der Waals surface area contributed by atoms with Gasteiger partial charge in [-0.2, -0.15) is 0 Å². The summed E-state index contributed by atoms with van der Waals surface area (Å²) in [4.78, 5) is 36.7. The van der Waals surface area contributed by atoms with Crippen LogP contribution in [0.1, 0.15) is 70.9 Å². The number of carbonyl (C=O) groups excluding carboxylic acids is 1. The lowest BCUT2D eigenvalue weighted by Gasteiger charge is -2.36. The number of aryl methyl sites for hydroxylation is 1. The van der Waals surface area contributed by atoms with E-state index in [1.807, 2.05) is 19.1 Å². The van der Waals surface area contributed by atoms with Gasteiger partial charge in [0.15, 0.2) is 0 Å². The van der Waals surface area contributed by atoms with Gasteiger partial charge in [0, 0.05) is 25.8 Å². The first kappa shape index (κ1) is 26.9. The number of thiocarbonyl (C=S) groups is 1. The van der Waals surface area contributed by atoms with Gasteiger partial charge in [-0.1, -0.05) is 77.0 Å². The minimum absolute atomic E-state index is 0.0972. The fraction of sp³-hybridized carbons (Fsp3) is 0.571. The summed E-state index contributed by atoms with van der Waals surface area (Å²) in [7, 11) is 0. The van der Waals surface area contributed by atoms with Crippen molar-refractivity contribution in [1.82, 2.24) is 14.3 Å². The highest BCUT2D eigenvalue weighted by molar-refractivity contribution is 8.26. The van der Waals surface area contributed by atoms with E-state index in [1.165, 1.54) is 11.8 Å². The van der Waals surface area contributed by atoms with Crippen molar-refractivity contribution >= 4 is 51.7 Å². The lowest BCUT2D eigenvalue weighted by molar-refractivity contribution is -0.122. The molecular weight excluding hydrogens is 488 g/mol. The van der Waals surface area contributed by atoms with Crippen LogP contribution in [-0.4, -0.2) is 44.1 Å². The molecule has 0 bridgehead atoms. The second-order valence-electron chi connectivity index (χ2n) is 10.6. The Bertz CT molecular complexity index is 1230. The summed E-state index contributed by atoms with van der Waals surface area (Å²) in [6, 6.07) is 3.83. The number of anilines is 1. The number of nitrogens with zero attached hydrogens (tertiary/aromatic N) is 4. The van der Waals surface area contributed by atoms with Crippen LogP contribution in [-0.2, 0) is 4.79 Å². The van der Waals surface area contributed by atoms with Crippen molar-refractivity contribution in [1.29, 1.82) is 0 Å². The molecule has 36 heavy (non-hydrogen) atoms. The van der Waals surface area contributed by atoms with Crippen molar-refractivity contribution < 1.29 is 4.79 Å². The van der Waals surface area contributed by atoms with Crippen molar-refractivity contribution in [3.63, 3.8) is 0 Å². The zero-order valence-electron chi connectivity index (χ0n) is 22.1. The number of hydrogen-bond donors (Lipinski definition) is 0. The second-order valence-corrected chi connectivity index (χ2v) is 12.3. The summed E-state index contributed by atoms with van der Waals surface area (Å²) in [5.41, 5.74) is 1.93. The van der Waals surface area contributed by atoms with Crippen LogP contribution in [0.4, 0.5) is 5.82 Å². The smallest absolute Gasteiger partial charge is 0.267 e. The van der Waals surface area contributed by atoms with Crippen LogP contribution in [0.25, 0.3) is 11.7 Å². The standard InChI is InChI=1S/C28H38N4O2S2/c1-6-8-11-21(7-2)17-32-27(34)23(36-28(32)35)14-22-25(30-15-18(3)13-19(4)16-30)29-24-20(5)10-9-12-31(24)26(22)33/h9-10,12,14,18-19,21H,6-8,11,13,15-17H2,1-5H3/b23-14+/t18-,19-,21-/m0/s1. The van der Waals surface area contributed by atoms with Crippen LogP contribution >= 0.6 is 24.0 Å². The van der Waals surface area contributed by atoms with Crippen molar-refractivity contribution in [3.05, 3.63) is 44.7 Å². The maximum absolute atomic E-state index is 13.8. The molecule has 2 aromatic rings. The molecule has 2 aliphatic rings. The summed E-state index contributed by atoms with van der Waals surface area (Å²) in [5, 5.41) is 0. The molecule has 0 aromatic carbocycles. The van der Waals surface area contributed by atoms with Crippen LogP contribution in [0.15, 0.2) is 28.0 Å². The maximum atomic E-state index is 13.8. The molecule has 0 spiro atoms. The minimum Gasteiger partial charge on any atom is -0.355 e. The molecule has 2 aliphatic heterocycles. The molecule has 0 radical (unpaired) electrons. The van der Waals surface area contributed by atoms with E-state index >= 15 is 0 Å². The highest BCUT2D eigenvalue weighted by atomic mass is 32.2. The van der Waals surface area contributed by atoms with Gasteiger partial charge >= 0.3 is 0 Å². The largest absolute Gasteiger partial charge is 0.355 e. The number of pyridine rings is 1. The quantitative estimate of drug-likeness (QED) is 0.315. The average Bonchev–Trinajstić information content (AvgIpc) is 3.10. The molecule has 4 heterocycles. The van der Waals surface area contributed by atoms with E-state index in [9.17, 15) is 9.59 Å². The Morgan fingerprint density at radius 1 is 1.22 bits per heavy atom. The first-order valence-electron chi connectivity index (χ1n) is 13.3. The Hall–Kier alpha value is -2.19. The number of aromatic nitrogens is 2. The Balaban J connectivity index is 1.76. The van der Waals surface area contributed by atoms with E-state index in [0.717, 1.165) is 50.8 Å². The zero-order valence-corrected chi connectivity index (χ0v) is 23.8. The number of rotatable bonds is 8. The number of hydrogen-bond acceptors (Lipinski definition) is 6. The first-order valence-corrected chi connectivity index (χ1v) is 14.5. The maximum Gasteiger partial charge on any atom is 0.267 e. The Labute approximate surface area is 224 Å². The molecule has 4 rings (SSSR count). The van der Waals surface area contributed by atoms with E-state index in [0.29, 0.717) is 50.6 Å². The predicted octanol–water partition coefficient (Wildman–Crippen LogP) is 5.90. The van der Waals surface area contributed by atoms with Gasteiger partial charge in [-0.3, -0.25) is 18.9 Å². The van der Waals surface area contributed by atoms with Crippen LogP contribution in [0.5, 0.6) is 0 Å². The molecule has 0 saturated carbocycles. The van der Waals surface area contributed by atoms with Crippen LogP contribution in [0.2, 0.25) is 0 Å². The number of piperidine rings is 1. The number of amides is 1. The Morgan fingerprint density at radius 3 is 2.61 bits per heavy atom. The lowest BCUT2D eigenvalue weighted by atomic mass is 9.91. The molecule has 194 valence electrons. The number of unbranched alkanes of at least 4 members (excludes halogenated alkanes) is 1. The van der Waals surface area contributed by atoms with Gasteiger partial charge in [-0.25, -0.2) is 4.98 Å². The monoisotopic (exact) mass is 526 g/mol. The SMILES string of the molecule is CCCC[C@H](CC)CN1C(=O)/C(=C\c2c(N3C[C@@H](C)C[C@H](C)C3)nc3c(C)cccn3c2=O)SC1=S. The fourth-order valence-corrected chi connectivity index (χ4v) is 6.72. The van der Waals surface area contributed by atoms with Crippen molar-refractivity contribution in [2.24, 2.45) is 17.8 Å². The summed E-state index contributed by atoms with van der Waals surface area (Å²) in [6.07, 6.45) is 9.06. The minimum atomic E-state index is -0.149. The molecule has 2 fully saturated rings. The number of fused-ring (bicyclic) bond motifs is 1.